The molecule has 3 aromatic rings. The molecule has 2 aromatic carbocycles. The summed E-state index contributed by atoms with van der Waals surface area (Å²) in [4.78, 5) is 23.3. The van der Waals surface area contributed by atoms with E-state index in [4.69, 9.17) is 4.74 Å². The van der Waals surface area contributed by atoms with Crippen LogP contribution in [0.3, 0.4) is 0 Å². The third kappa shape index (κ3) is 5.53. The van der Waals surface area contributed by atoms with Crippen LogP contribution < -0.4 is 4.74 Å². The van der Waals surface area contributed by atoms with Gasteiger partial charge in [0.15, 0.2) is 0 Å². The molecule has 0 spiro atoms. The van der Waals surface area contributed by atoms with Gasteiger partial charge in [-0.05, 0) is 56.9 Å². The molecule has 0 aliphatic rings. The fourth-order valence-corrected chi connectivity index (χ4v) is 3.28. The lowest BCUT2D eigenvalue weighted by Gasteiger charge is -2.17. The van der Waals surface area contributed by atoms with Crippen molar-refractivity contribution in [1.82, 2.24) is 14.9 Å². The quantitative estimate of drug-likeness (QED) is 0.519. The summed E-state index contributed by atoms with van der Waals surface area (Å²) in [5.74, 6) is 1.71. The van der Waals surface area contributed by atoms with Crippen LogP contribution in [0.5, 0.6) is 5.75 Å². The topological polar surface area (TPSA) is 55.3 Å². The van der Waals surface area contributed by atoms with E-state index < -0.39 is 0 Å². The normalized spacial score (nSPS) is 10.9. The number of nitrogens with zero attached hydrogens (tertiary/aromatic N) is 3. The third-order valence-electron chi connectivity index (χ3n) is 5.03. The number of amides is 1. The standard InChI is InChI=1S/C24H29N3O2/c1-17-12-13-18(2)22(15-17)29-14-8-7-11-24(28)27(4)16-23-25-19(3)20-9-5-6-10-21(20)26-23/h5-6,9-10,12-13,15H,7-8,11,14,16H2,1-4H3. The van der Waals surface area contributed by atoms with Crippen LogP contribution in [-0.4, -0.2) is 34.4 Å². The molecule has 0 aliphatic carbocycles. The Kier molecular flexibility index (Phi) is 6.81. The van der Waals surface area contributed by atoms with Crippen molar-refractivity contribution in [2.45, 2.75) is 46.6 Å². The van der Waals surface area contributed by atoms with Crippen molar-refractivity contribution in [1.29, 1.82) is 0 Å². The summed E-state index contributed by atoms with van der Waals surface area (Å²) in [6, 6.07) is 14.2. The Morgan fingerprint density at radius 2 is 1.83 bits per heavy atom. The summed E-state index contributed by atoms with van der Waals surface area (Å²) in [7, 11) is 1.81. The van der Waals surface area contributed by atoms with Crippen LogP contribution in [0, 0.1) is 20.8 Å². The summed E-state index contributed by atoms with van der Waals surface area (Å²) < 4.78 is 5.86. The largest absolute Gasteiger partial charge is 0.493 e. The number of ether oxygens (including phenoxy) is 1. The molecular formula is C24H29N3O2. The molecule has 1 aromatic heterocycles. The average Bonchev–Trinajstić information content (AvgIpc) is 2.70. The average molecular weight is 392 g/mol. The lowest BCUT2D eigenvalue weighted by Crippen LogP contribution is -2.27. The highest BCUT2D eigenvalue weighted by Crippen LogP contribution is 2.19. The Bertz CT molecular complexity index is 1000. The summed E-state index contributed by atoms with van der Waals surface area (Å²) in [6.07, 6.45) is 2.14. The van der Waals surface area contributed by atoms with E-state index in [9.17, 15) is 4.79 Å². The number of hydrogen-bond acceptors (Lipinski definition) is 4. The van der Waals surface area contributed by atoms with Crippen molar-refractivity contribution in [3.63, 3.8) is 0 Å². The smallest absolute Gasteiger partial charge is 0.222 e. The Morgan fingerprint density at radius 3 is 2.66 bits per heavy atom. The fraction of sp³-hybridized carbons (Fsp3) is 0.375. The maximum Gasteiger partial charge on any atom is 0.222 e. The number of aromatic nitrogens is 2. The van der Waals surface area contributed by atoms with Gasteiger partial charge in [0, 0.05) is 24.5 Å². The first-order valence-electron chi connectivity index (χ1n) is 10.1. The van der Waals surface area contributed by atoms with Crippen LogP contribution in [0.2, 0.25) is 0 Å². The summed E-state index contributed by atoms with van der Waals surface area (Å²) in [5, 5.41) is 1.05. The van der Waals surface area contributed by atoms with Crippen LogP contribution in [0.15, 0.2) is 42.5 Å². The number of benzene rings is 2. The lowest BCUT2D eigenvalue weighted by atomic mass is 10.1. The number of para-hydroxylation sites is 1. The molecule has 0 unspecified atom stereocenters. The second kappa shape index (κ2) is 9.50. The molecule has 0 saturated heterocycles. The van der Waals surface area contributed by atoms with Gasteiger partial charge in [0.25, 0.3) is 0 Å². The van der Waals surface area contributed by atoms with E-state index in [2.05, 4.69) is 35.1 Å². The Hall–Kier alpha value is -2.95. The van der Waals surface area contributed by atoms with Crippen molar-refractivity contribution < 1.29 is 9.53 Å². The van der Waals surface area contributed by atoms with Gasteiger partial charge in [-0.25, -0.2) is 9.97 Å². The van der Waals surface area contributed by atoms with Gasteiger partial charge in [-0.15, -0.1) is 0 Å². The molecule has 0 fully saturated rings. The highest BCUT2D eigenvalue weighted by atomic mass is 16.5. The Labute approximate surface area is 172 Å². The predicted octanol–water partition coefficient (Wildman–Crippen LogP) is 4.76. The number of carbonyl (C=O) groups is 1. The van der Waals surface area contributed by atoms with Gasteiger partial charge in [-0.1, -0.05) is 30.3 Å². The highest BCUT2D eigenvalue weighted by Gasteiger charge is 2.12. The van der Waals surface area contributed by atoms with Gasteiger partial charge >= 0.3 is 0 Å². The lowest BCUT2D eigenvalue weighted by molar-refractivity contribution is -0.130. The van der Waals surface area contributed by atoms with Gasteiger partial charge in [0.1, 0.15) is 11.6 Å². The van der Waals surface area contributed by atoms with E-state index in [0.717, 1.165) is 40.8 Å². The molecule has 0 N–H and O–H groups in total. The van der Waals surface area contributed by atoms with Crippen molar-refractivity contribution in [2.75, 3.05) is 13.7 Å². The van der Waals surface area contributed by atoms with Gasteiger partial charge < -0.3 is 9.64 Å². The third-order valence-corrected chi connectivity index (χ3v) is 5.03. The van der Waals surface area contributed by atoms with Gasteiger partial charge in [-0.2, -0.15) is 0 Å². The van der Waals surface area contributed by atoms with Crippen LogP contribution >= 0.6 is 0 Å². The molecule has 152 valence electrons. The second-order valence-electron chi connectivity index (χ2n) is 7.57. The van der Waals surface area contributed by atoms with Gasteiger partial charge in [-0.3, -0.25) is 4.79 Å². The minimum atomic E-state index is 0.103. The molecule has 1 amide bonds. The zero-order valence-corrected chi connectivity index (χ0v) is 17.7. The van der Waals surface area contributed by atoms with E-state index >= 15 is 0 Å². The minimum absolute atomic E-state index is 0.103. The number of hydrogen-bond donors (Lipinski definition) is 0. The van der Waals surface area contributed by atoms with E-state index in [0.29, 0.717) is 25.4 Å². The van der Waals surface area contributed by atoms with Crippen molar-refractivity contribution in [3.05, 3.63) is 65.1 Å². The van der Waals surface area contributed by atoms with Gasteiger partial charge in [0.2, 0.25) is 5.91 Å². The predicted molar refractivity (Wildman–Crippen MR) is 116 cm³/mol. The van der Waals surface area contributed by atoms with E-state index in [1.165, 1.54) is 5.56 Å². The van der Waals surface area contributed by atoms with Gasteiger partial charge in [0.05, 0.1) is 18.7 Å². The molecule has 0 atom stereocenters. The van der Waals surface area contributed by atoms with E-state index in [1.54, 1.807) is 4.90 Å². The molecule has 0 saturated carbocycles. The molecule has 29 heavy (non-hydrogen) atoms. The van der Waals surface area contributed by atoms with E-state index in [1.807, 2.05) is 45.2 Å². The molecule has 0 bridgehead atoms. The molecule has 0 radical (unpaired) electrons. The fourth-order valence-electron chi connectivity index (χ4n) is 3.28. The van der Waals surface area contributed by atoms with Crippen molar-refractivity contribution in [2.24, 2.45) is 0 Å². The monoisotopic (exact) mass is 391 g/mol. The van der Waals surface area contributed by atoms with Crippen LogP contribution in [0.4, 0.5) is 0 Å². The molecule has 5 nitrogen and oxygen atoms in total. The van der Waals surface area contributed by atoms with Crippen molar-refractivity contribution >= 4 is 16.8 Å². The number of unbranched alkanes of at least 4 members (excludes halogenated alkanes) is 1. The zero-order chi connectivity index (χ0) is 20.8. The minimum Gasteiger partial charge on any atom is -0.493 e. The molecule has 0 aliphatic heterocycles. The maximum atomic E-state index is 12.5. The van der Waals surface area contributed by atoms with E-state index in [-0.39, 0.29) is 5.91 Å². The SMILES string of the molecule is Cc1ccc(C)c(OCCCCC(=O)N(C)Cc2nc(C)c3ccccc3n2)c1. The number of carbonyl (C=O) groups excluding carboxylic acids is 1. The summed E-state index contributed by atoms with van der Waals surface area (Å²) in [5.41, 5.74) is 4.18. The molecular weight excluding hydrogens is 362 g/mol. The Morgan fingerprint density at radius 1 is 1.03 bits per heavy atom. The Balaban J connectivity index is 1.45. The maximum absolute atomic E-state index is 12.5. The molecule has 3 rings (SSSR count). The van der Waals surface area contributed by atoms with Crippen LogP contribution in [-0.2, 0) is 11.3 Å². The van der Waals surface area contributed by atoms with Crippen molar-refractivity contribution in [3.8, 4) is 5.75 Å². The molecule has 5 heteroatoms. The molecule has 1 heterocycles. The highest BCUT2D eigenvalue weighted by molar-refractivity contribution is 5.80. The second-order valence-corrected chi connectivity index (χ2v) is 7.57. The summed E-state index contributed by atoms with van der Waals surface area (Å²) in [6.45, 7) is 7.12. The number of rotatable bonds is 8. The first-order chi connectivity index (χ1) is 13.9. The number of aryl methyl sites for hydroxylation is 3. The first kappa shape index (κ1) is 20.8. The number of fused-ring (bicyclic) bond motifs is 1. The zero-order valence-electron chi connectivity index (χ0n) is 17.7. The van der Waals surface area contributed by atoms with Crippen LogP contribution in [0.25, 0.3) is 10.9 Å². The van der Waals surface area contributed by atoms with Crippen LogP contribution in [0.1, 0.15) is 41.9 Å². The summed E-state index contributed by atoms with van der Waals surface area (Å²) >= 11 is 0. The first-order valence-corrected chi connectivity index (χ1v) is 10.1.